The van der Waals surface area contributed by atoms with Crippen LogP contribution in [0.25, 0.3) is 0 Å². The van der Waals surface area contributed by atoms with Crippen molar-refractivity contribution in [1.82, 2.24) is 4.90 Å². The first-order valence-corrected chi connectivity index (χ1v) is 7.04. The van der Waals surface area contributed by atoms with E-state index in [1.54, 1.807) is 11.8 Å². The van der Waals surface area contributed by atoms with Crippen LogP contribution in [0, 0.1) is 0 Å². The van der Waals surface area contributed by atoms with E-state index in [9.17, 15) is 18.0 Å². The van der Waals surface area contributed by atoms with E-state index in [0.717, 1.165) is 37.0 Å². The Balaban J connectivity index is 2.23. The molecular formula is C15H19F3N2O. The lowest BCUT2D eigenvalue weighted by Gasteiger charge is -2.37. The van der Waals surface area contributed by atoms with Crippen LogP contribution in [-0.4, -0.2) is 23.4 Å². The summed E-state index contributed by atoms with van der Waals surface area (Å²) in [6.45, 7) is 2.23. The van der Waals surface area contributed by atoms with Crippen LogP contribution < -0.4 is 5.73 Å². The SMILES string of the molecule is C[C@@H](N)C(=O)N1CCCCC1c1ccc(C(F)(F)F)cc1. The van der Waals surface area contributed by atoms with Crippen molar-refractivity contribution in [1.29, 1.82) is 0 Å². The molecule has 1 aromatic rings. The maximum absolute atomic E-state index is 12.6. The number of rotatable bonds is 2. The fourth-order valence-electron chi connectivity index (χ4n) is 2.70. The van der Waals surface area contributed by atoms with Gasteiger partial charge in [0.2, 0.25) is 5.91 Å². The Morgan fingerprint density at radius 3 is 2.43 bits per heavy atom. The number of carbonyl (C=O) groups is 1. The van der Waals surface area contributed by atoms with Gasteiger partial charge in [0.1, 0.15) is 0 Å². The minimum absolute atomic E-state index is 0.153. The van der Waals surface area contributed by atoms with E-state index in [1.807, 2.05) is 0 Å². The zero-order valence-corrected chi connectivity index (χ0v) is 11.9. The number of carbonyl (C=O) groups excluding carboxylic acids is 1. The molecule has 1 fully saturated rings. The molecule has 1 aliphatic rings. The van der Waals surface area contributed by atoms with Gasteiger partial charge < -0.3 is 10.6 Å². The molecule has 3 nitrogen and oxygen atoms in total. The summed E-state index contributed by atoms with van der Waals surface area (Å²) in [5.74, 6) is -0.153. The quantitative estimate of drug-likeness (QED) is 0.912. The van der Waals surface area contributed by atoms with Crippen molar-refractivity contribution in [3.8, 4) is 0 Å². The molecule has 1 saturated heterocycles. The maximum atomic E-state index is 12.6. The van der Waals surface area contributed by atoms with E-state index in [0.29, 0.717) is 6.54 Å². The molecule has 116 valence electrons. The van der Waals surface area contributed by atoms with Crippen LogP contribution >= 0.6 is 0 Å². The van der Waals surface area contributed by atoms with Gasteiger partial charge in [-0.1, -0.05) is 12.1 Å². The lowest BCUT2D eigenvalue weighted by molar-refractivity contribution is -0.138. The summed E-state index contributed by atoms with van der Waals surface area (Å²) >= 11 is 0. The first-order valence-electron chi connectivity index (χ1n) is 7.04. The molecule has 0 radical (unpaired) electrons. The summed E-state index contributed by atoms with van der Waals surface area (Å²) in [6, 6.07) is 4.27. The molecule has 2 N–H and O–H groups in total. The van der Waals surface area contributed by atoms with E-state index < -0.39 is 17.8 Å². The smallest absolute Gasteiger partial charge is 0.334 e. The second kappa shape index (κ2) is 6.05. The number of alkyl halides is 3. The standard InChI is InChI=1S/C15H19F3N2O/c1-10(19)14(21)20-9-3-2-4-13(20)11-5-7-12(8-6-11)15(16,17)18/h5-8,10,13H,2-4,9,19H2,1H3/t10-,13?/m1/s1. The molecule has 0 aromatic heterocycles. The number of amides is 1. The molecule has 0 spiro atoms. The van der Waals surface area contributed by atoms with E-state index in [-0.39, 0.29) is 11.9 Å². The number of piperidine rings is 1. The van der Waals surface area contributed by atoms with Crippen molar-refractivity contribution in [2.45, 2.75) is 44.4 Å². The minimum atomic E-state index is -4.34. The number of hydrogen-bond acceptors (Lipinski definition) is 2. The van der Waals surface area contributed by atoms with Gasteiger partial charge >= 0.3 is 6.18 Å². The third-order valence-electron chi connectivity index (χ3n) is 3.80. The van der Waals surface area contributed by atoms with Gasteiger partial charge in [-0.2, -0.15) is 13.2 Å². The maximum Gasteiger partial charge on any atom is 0.416 e. The Kier molecular flexibility index (Phi) is 4.56. The van der Waals surface area contributed by atoms with Gasteiger partial charge in [-0.3, -0.25) is 4.79 Å². The van der Waals surface area contributed by atoms with Crippen molar-refractivity contribution >= 4 is 5.91 Å². The van der Waals surface area contributed by atoms with Crippen LogP contribution in [0.5, 0.6) is 0 Å². The lowest BCUT2D eigenvalue weighted by Crippen LogP contribution is -2.46. The fourth-order valence-corrected chi connectivity index (χ4v) is 2.70. The molecular weight excluding hydrogens is 281 g/mol. The molecule has 0 aliphatic carbocycles. The molecule has 0 bridgehead atoms. The second-order valence-corrected chi connectivity index (χ2v) is 5.45. The van der Waals surface area contributed by atoms with E-state index in [1.165, 1.54) is 12.1 Å². The van der Waals surface area contributed by atoms with Crippen molar-refractivity contribution in [3.05, 3.63) is 35.4 Å². The largest absolute Gasteiger partial charge is 0.416 e. The highest BCUT2D eigenvalue weighted by Crippen LogP contribution is 2.34. The monoisotopic (exact) mass is 300 g/mol. The normalized spacial score (nSPS) is 21.2. The number of halogens is 3. The highest BCUT2D eigenvalue weighted by Gasteiger charge is 2.32. The molecule has 1 aromatic carbocycles. The average Bonchev–Trinajstić information content (AvgIpc) is 2.45. The van der Waals surface area contributed by atoms with Crippen molar-refractivity contribution in [2.75, 3.05) is 6.54 Å². The van der Waals surface area contributed by atoms with Crippen LogP contribution in [0.2, 0.25) is 0 Å². The average molecular weight is 300 g/mol. The number of nitrogens with two attached hydrogens (primary N) is 1. The predicted octanol–water partition coefficient (Wildman–Crippen LogP) is 3.11. The van der Waals surface area contributed by atoms with Crippen LogP contribution in [0.15, 0.2) is 24.3 Å². The van der Waals surface area contributed by atoms with E-state index >= 15 is 0 Å². The molecule has 1 heterocycles. The molecule has 1 amide bonds. The topological polar surface area (TPSA) is 46.3 Å². The van der Waals surface area contributed by atoms with Gasteiger partial charge in [0.25, 0.3) is 0 Å². The first kappa shape index (κ1) is 15.8. The summed E-state index contributed by atoms with van der Waals surface area (Å²) in [7, 11) is 0. The highest BCUT2D eigenvalue weighted by molar-refractivity contribution is 5.81. The molecule has 1 aliphatic heterocycles. The summed E-state index contributed by atoms with van der Waals surface area (Å²) in [6.07, 6.45) is -1.74. The van der Waals surface area contributed by atoms with E-state index in [4.69, 9.17) is 5.73 Å². The van der Waals surface area contributed by atoms with Gasteiger partial charge in [0.15, 0.2) is 0 Å². The van der Waals surface area contributed by atoms with Crippen LogP contribution in [-0.2, 0) is 11.0 Å². The van der Waals surface area contributed by atoms with Crippen LogP contribution in [0.4, 0.5) is 13.2 Å². The van der Waals surface area contributed by atoms with Crippen LogP contribution in [0.1, 0.15) is 43.4 Å². The number of likely N-dealkylation sites (tertiary alicyclic amines) is 1. The van der Waals surface area contributed by atoms with Crippen molar-refractivity contribution in [2.24, 2.45) is 5.73 Å². The summed E-state index contributed by atoms with van der Waals surface area (Å²) in [4.78, 5) is 13.8. The van der Waals surface area contributed by atoms with Crippen molar-refractivity contribution in [3.63, 3.8) is 0 Å². The summed E-state index contributed by atoms with van der Waals surface area (Å²) < 4.78 is 37.8. The molecule has 2 rings (SSSR count). The minimum Gasteiger partial charge on any atom is -0.334 e. The Morgan fingerprint density at radius 2 is 1.90 bits per heavy atom. The second-order valence-electron chi connectivity index (χ2n) is 5.45. The molecule has 21 heavy (non-hydrogen) atoms. The predicted molar refractivity (Wildman–Crippen MR) is 73.4 cm³/mol. The lowest BCUT2D eigenvalue weighted by atomic mass is 9.94. The molecule has 1 unspecified atom stereocenters. The van der Waals surface area contributed by atoms with Gasteiger partial charge in [0, 0.05) is 6.54 Å². The summed E-state index contributed by atoms with van der Waals surface area (Å²) in [5.41, 5.74) is 5.71. The summed E-state index contributed by atoms with van der Waals surface area (Å²) in [5, 5.41) is 0. The van der Waals surface area contributed by atoms with Gasteiger partial charge in [-0.15, -0.1) is 0 Å². The van der Waals surface area contributed by atoms with Gasteiger partial charge in [-0.25, -0.2) is 0 Å². The first-order chi connectivity index (χ1) is 9.80. The highest BCUT2D eigenvalue weighted by atomic mass is 19.4. The Hall–Kier alpha value is -1.56. The number of nitrogens with zero attached hydrogens (tertiary/aromatic N) is 1. The zero-order valence-electron chi connectivity index (χ0n) is 11.9. The zero-order chi connectivity index (χ0) is 15.6. The third kappa shape index (κ3) is 3.56. The van der Waals surface area contributed by atoms with Crippen molar-refractivity contribution < 1.29 is 18.0 Å². The Morgan fingerprint density at radius 1 is 1.29 bits per heavy atom. The van der Waals surface area contributed by atoms with Crippen LogP contribution in [0.3, 0.4) is 0 Å². The number of hydrogen-bond donors (Lipinski definition) is 1. The van der Waals surface area contributed by atoms with Gasteiger partial charge in [0.05, 0.1) is 17.6 Å². The molecule has 6 heteroatoms. The Labute approximate surface area is 121 Å². The third-order valence-corrected chi connectivity index (χ3v) is 3.80. The van der Waals surface area contributed by atoms with E-state index in [2.05, 4.69) is 0 Å². The number of benzene rings is 1. The Bertz CT molecular complexity index is 497. The molecule has 2 atom stereocenters. The molecule has 0 saturated carbocycles. The van der Waals surface area contributed by atoms with Gasteiger partial charge in [-0.05, 0) is 43.9 Å². The fraction of sp³-hybridized carbons (Fsp3) is 0.533.